The topological polar surface area (TPSA) is 87.5 Å². The molecule has 0 bridgehead atoms. The lowest BCUT2D eigenvalue weighted by Crippen LogP contribution is -2.26. The number of amidine groups is 1. The van der Waals surface area contributed by atoms with Crippen molar-refractivity contribution in [3.63, 3.8) is 0 Å². The van der Waals surface area contributed by atoms with Crippen LogP contribution < -0.4 is 5.32 Å². The molecule has 2 N–H and O–H groups in total. The number of carboxylic acids is 1. The number of aliphatic carboxylic acids is 1. The Morgan fingerprint density at radius 2 is 1.65 bits per heavy atom. The Labute approximate surface area is 257 Å². The molecule has 2 unspecified atom stereocenters. The minimum atomic E-state index is -4.35. The minimum Gasteiger partial charge on any atom is -0.481 e. The van der Waals surface area contributed by atoms with Crippen LogP contribution in [0.1, 0.15) is 98.4 Å². The number of rotatable bonds is 16. The first-order valence-electron chi connectivity index (χ1n) is 15.1. The quantitative estimate of drug-likeness (QED) is 0.0847. The molecule has 6 nitrogen and oxygen atoms in total. The molecule has 0 spiro atoms. The molecular formula is C34H53F3N4O2. The highest BCUT2D eigenvalue weighted by Crippen LogP contribution is 2.24. The average Bonchev–Trinajstić information content (AvgIpc) is 2.96. The van der Waals surface area contributed by atoms with Crippen LogP contribution in [0.3, 0.4) is 0 Å². The van der Waals surface area contributed by atoms with E-state index in [9.17, 15) is 18.0 Å². The second kappa shape index (κ2) is 25.0. The summed E-state index contributed by atoms with van der Waals surface area (Å²) in [5.41, 5.74) is 1.33. The molecule has 0 amide bonds. The van der Waals surface area contributed by atoms with Gasteiger partial charge in [0.2, 0.25) is 0 Å². The maximum atomic E-state index is 12.6. The average molecular weight is 607 g/mol. The van der Waals surface area contributed by atoms with Gasteiger partial charge in [0, 0.05) is 18.5 Å². The smallest absolute Gasteiger partial charge is 0.412 e. The number of aromatic nitrogens is 2. The number of hydrogen-bond donors (Lipinski definition) is 2. The predicted molar refractivity (Wildman–Crippen MR) is 175 cm³/mol. The van der Waals surface area contributed by atoms with Crippen LogP contribution in [0.25, 0.3) is 5.57 Å². The van der Waals surface area contributed by atoms with Gasteiger partial charge in [-0.2, -0.15) is 13.2 Å². The number of carboxylic acid groups (broad SMARTS) is 1. The fourth-order valence-electron chi connectivity index (χ4n) is 3.64. The maximum Gasteiger partial charge on any atom is 0.412 e. The molecule has 0 aromatic carbocycles. The first-order chi connectivity index (χ1) is 20.4. The van der Waals surface area contributed by atoms with Gasteiger partial charge in [0.1, 0.15) is 11.5 Å². The number of allylic oxidation sites excluding steroid dienone is 6. The molecule has 0 aliphatic heterocycles. The summed E-state index contributed by atoms with van der Waals surface area (Å²) in [5, 5.41) is 11.5. The number of nitrogens with zero attached hydrogens (tertiary/aromatic N) is 3. The van der Waals surface area contributed by atoms with Crippen molar-refractivity contribution < 1.29 is 23.1 Å². The number of alkyl halides is 3. The van der Waals surface area contributed by atoms with Gasteiger partial charge in [0.25, 0.3) is 0 Å². The van der Waals surface area contributed by atoms with Gasteiger partial charge in [-0.1, -0.05) is 104 Å². The predicted octanol–water partition coefficient (Wildman–Crippen LogP) is 9.38. The number of aliphatic imine (C=N–C) groups is 1. The summed E-state index contributed by atoms with van der Waals surface area (Å²) in [5.74, 6) is 0.765. The normalized spacial score (nSPS) is 13.7. The second-order valence-electron chi connectivity index (χ2n) is 9.87. The number of halogens is 3. The number of nitrogens with one attached hydrogen (secondary N) is 1. The van der Waals surface area contributed by atoms with Crippen molar-refractivity contribution in [2.75, 3.05) is 13.1 Å². The molecule has 0 aliphatic carbocycles. The van der Waals surface area contributed by atoms with E-state index in [0.29, 0.717) is 36.1 Å². The van der Waals surface area contributed by atoms with Gasteiger partial charge in [0.15, 0.2) is 0 Å². The van der Waals surface area contributed by atoms with E-state index < -0.39 is 17.7 Å². The summed E-state index contributed by atoms with van der Waals surface area (Å²) in [6.07, 6.45) is 14.7. The van der Waals surface area contributed by atoms with Crippen molar-refractivity contribution in [1.82, 2.24) is 15.3 Å². The highest BCUT2D eigenvalue weighted by molar-refractivity contribution is 5.97. The molecule has 1 rings (SSSR count). The molecule has 43 heavy (non-hydrogen) atoms. The molecule has 0 aliphatic rings. The third-order valence-electron chi connectivity index (χ3n) is 5.99. The summed E-state index contributed by atoms with van der Waals surface area (Å²) in [4.78, 5) is 23.3. The van der Waals surface area contributed by atoms with E-state index in [1.54, 1.807) is 18.3 Å². The van der Waals surface area contributed by atoms with Gasteiger partial charge >= 0.3 is 12.1 Å². The van der Waals surface area contributed by atoms with Crippen molar-refractivity contribution in [2.45, 2.75) is 93.2 Å². The van der Waals surface area contributed by atoms with Crippen LogP contribution in [0.4, 0.5) is 13.2 Å². The Bertz CT molecular complexity index is 1040. The molecule has 242 valence electrons. The molecule has 0 saturated heterocycles. The third-order valence-corrected chi connectivity index (χ3v) is 5.99. The number of carbonyl (C=O) groups is 1. The molecule has 2 atom stereocenters. The fourth-order valence-corrected chi connectivity index (χ4v) is 3.64. The lowest BCUT2D eigenvalue weighted by Gasteiger charge is -2.13. The maximum absolute atomic E-state index is 12.6. The van der Waals surface area contributed by atoms with Crippen LogP contribution in [-0.4, -0.2) is 46.1 Å². The first-order valence-corrected chi connectivity index (χ1v) is 15.1. The Morgan fingerprint density at radius 1 is 1.05 bits per heavy atom. The van der Waals surface area contributed by atoms with Crippen LogP contribution in [0.5, 0.6) is 0 Å². The third kappa shape index (κ3) is 20.9. The zero-order valence-corrected chi connectivity index (χ0v) is 27.2. The van der Waals surface area contributed by atoms with Gasteiger partial charge in [-0.15, -0.1) is 6.58 Å². The van der Waals surface area contributed by atoms with E-state index in [1.807, 2.05) is 45.9 Å². The van der Waals surface area contributed by atoms with Crippen molar-refractivity contribution in [2.24, 2.45) is 16.8 Å². The summed E-state index contributed by atoms with van der Waals surface area (Å²) in [6.45, 7) is 21.0. The highest BCUT2D eigenvalue weighted by atomic mass is 19.4. The number of hydrogen-bond acceptors (Lipinski definition) is 4. The molecule has 0 saturated carbocycles. The van der Waals surface area contributed by atoms with E-state index in [0.717, 1.165) is 37.3 Å². The van der Waals surface area contributed by atoms with Crippen molar-refractivity contribution in [1.29, 1.82) is 0 Å². The lowest BCUT2D eigenvalue weighted by atomic mass is 9.93. The van der Waals surface area contributed by atoms with Gasteiger partial charge in [0.05, 0.1) is 24.6 Å². The van der Waals surface area contributed by atoms with Crippen LogP contribution in [0.2, 0.25) is 0 Å². The van der Waals surface area contributed by atoms with Crippen molar-refractivity contribution in [3.8, 4) is 0 Å². The van der Waals surface area contributed by atoms with E-state index in [2.05, 4.69) is 47.3 Å². The highest BCUT2D eigenvalue weighted by Gasteiger charge is 2.29. The second-order valence-corrected chi connectivity index (χ2v) is 9.87. The molecule has 9 heteroatoms. The van der Waals surface area contributed by atoms with Gasteiger partial charge < -0.3 is 10.4 Å². The van der Waals surface area contributed by atoms with Gasteiger partial charge in [-0.05, 0) is 37.2 Å². The molecule has 0 fully saturated rings. The van der Waals surface area contributed by atoms with Gasteiger partial charge in [-0.25, -0.2) is 4.98 Å². The summed E-state index contributed by atoms with van der Waals surface area (Å²) in [7, 11) is 0. The molecule has 0 radical (unpaired) electrons. The van der Waals surface area contributed by atoms with E-state index in [-0.39, 0.29) is 6.54 Å². The Kier molecular flexibility index (Phi) is 24.3. The SMILES string of the molecule is C=C/C=C\C(=C/CC)c1cnc(C(=NC/C=C(\C)C(F)(F)F)NCC=C)cn1.CC.CCCC(C)CCC(C)CC(=O)O. The summed E-state index contributed by atoms with van der Waals surface area (Å²) >= 11 is 0. The van der Waals surface area contributed by atoms with Crippen LogP contribution >= 0.6 is 0 Å². The first kappa shape index (κ1) is 41.6. The standard InChI is InChI=1S/C21H25F3N4.C11H22O2.C2H6/c1-5-8-10-17(9-6-2)18-14-28-19(15-27-18)20(25-12-7-3)26-13-11-16(4)21(22,23)24;1-4-5-9(2)6-7-10(3)8-11(12)13;1-2/h5,7-11,14-15H,1,3,6,12-13H2,2,4H3,(H,25,26);9-10H,4-8H2,1-3H3,(H,12,13);1-2H3/b10-8-,16-11+,17-9+;;. The van der Waals surface area contributed by atoms with E-state index in [4.69, 9.17) is 5.11 Å². The Hall–Kier alpha value is -3.49. The van der Waals surface area contributed by atoms with Crippen molar-refractivity contribution >= 4 is 17.4 Å². The summed E-state index contributed by atoms with van der Waals surface area (Å²) in [6, 6.07) is 0. The molecule has 1 heterocycles. The molecule has 1 aromatic heterocycles. The van der Waals surface area contributed by atoms with Crippen LogP contribution in [0.15, 0.2) is 72.6 Å². The monoisotopic (exact) mass is 606 g/mol. The molecule has 1 aromatic rings. The van der Waals surface area contributed by atoms with E-state index >= 15 is 0 Å². The fraction of sp³-hybridized carbons (Fsp3) is 0.529. The van der Waals surface area contributed by atoms with Crippen LogP contribution in [-0.2, 0) is 4.79 Å². The van der Waals surface area contributed by atoms with Crippen LogP contribution in [0, 0.1) is 11.8 Å². The Morgan fingerprint density at radius 3 is 2.14 bits per heavy atom. The molecular weight excluding hydrogens is 553 g/mol. The van der Waals surface area contributed by atoms with E-state index in [1.165, 1.54) is 25.5 Å². The van der Waals surface area contributed by atoms with Gasteiger partial charge in [-0.3, -0.25) is 14.8 Å². The van der Waals surface area contributed by atoms with Crippen molar-refractivity contribution in [3.05, 3.63) is 79.0 Å². The minimum absolute atomic E-state index is 0.128. The largest absolute Gasteiger partial charge is 0.481 e. The Balaban J connectivity index is 0. The summed E-state index contributed by atoms with van der Waals surface area (Å²) < 4.78 is 37.8. The zero-order valence-electron chi connectivity index (χ0n) is 27.2. The zero-order chi connectivity index (χ0) is 33.3. The lowest BCUT2D eigenvalue weighted by molar-refractivity contribution is -0.138.